The lowest BCUT2D eigenvalue weighted by Gasteiger charge is -2.01. The summed E-state index contributed by atoms with van der Waals surface area (Å²) in [6.45, 7) is 1.90. The lowest BCUT2D eigenvalue weighted by atomic mass is 10.1. The second-order valence-electron chi connectivity index (χ2n) is 4.27. The van der Waals surface area contributed by atoms with Crippen LogP contribution in [0.1, 0.15) is 18.2 Å². The zero-order chi connectivity index (χ0) is 13.1. The van der Waals surface area contributed by atoms with Gasteiger partial charge in [-0.15, -0.1) is 0 Å². The highest BCUT2D eigenvalue weighted by atomic mass is 15.0. The number of allylic oxidation sites excluding steroid dienone is 1. The van der Waals surface area contributed by atoms with E-state index in [2.05, 4.69) is 15.0 Å². The summed E-state index contributed by atoms with van der Waals surface area (Å²) < 4.78 is 0. The lowest BCUT2D eigenvalue weighted by molar-refractivity contribution is 1.29. The quantitative estimate of drug-likeness (QED) is 0.802. The van der Waals surface area contributed by atoms with Crippen LogP contribution in [-0.2, 0) is 0 Å². The molecule has 0 amide bonds. The molecule has 0 unspecified atom stereocenters. The van der Waals surface area contributed by atoms with Gasteiger partial charge in [0.1, 0.15) is 11.5 Å². The number of rotatable bonds is 2. The molecule has 0 spiro atoms. The third-order valence-corrected chi connectivity index (χ3v) is 2.81. The summed E-state index contributed by atoms with van der Waals surface area (Å²) in [7, 11) is 0. The normalized spacial score (nSPS) is 16.4. The van der Waals surface area contributed by atoms with E-state index < -0.39 is 0 Å². The third-order valence-electron chi connectivity index (χ3n) is 2.81. The van der Waals surface area contributed by atoms with Crippen molar-refractivity contribution in [3.05, 3.63) is 71.7 Å². The van der Waals surface area contributed by atoms with Gasteiger partial charge in [-0.3, -0.25) is 4.98 Å². The second kappa shape index (κ2) is 4.98. The molecule has 0 fully saturated rings. The molecular weight excluding hydrogens is 234 g/mol. The molecule has 3 nitrogen and oxygen atoms in total. The minimum Gasteiger partial charge on any atom is -0.255 e. The zero-order valence-corrected chi connectivity index (χ0v) is 10.6. The average molecular weight is 247 g/mol. The Morgan fingerprint density at radius 2 is 1.68 bits per heavy atom. The number of hydrogen-bond donors (Lipinski definition) is 0. The van der Waals surface area contributed by atoms with E-state index in [1.165, 1.54) is 0 Å². The summed E-state index contributed by atoms with van der Waals surface area (Å²) >= 11 is 0. The fourth-order valence-corrected chi connectivity index (χ4v) is 1.97. The molecule has 92 valence electrons. The van der Waals surface area contributed by atoms with Crippen molar-refractivity contribution in [2.45, 2.75) is 6.92 Å². The molecule has 0 atom stereocenters. The summed E-state index contributed by atoms with van der Waals surface area (Å²) in [6, 6.07) is 15.9. The van der Waals surface area contributed by atoms with Crippen LogP contribution in [0, 0.1) is 0 Å². The molecule has 3 rings (SSSR count). The van der Waals surface area contributed by atoms with E-state index in [0.717, 1.165) is 28.5 Å². The Bertz CT molecular complexity index is 668. The highest BCUT2D eigenvalue weighted by molar-refractivity contribution is 6.21. The molecule has 1 aromatic carbocycles. The number of amidine groups is 1. The van der Waals surface area contributed by atoms with Crippen LogP contribution in [0.3, 0.4) is 0 Å². The SMILES string of the molecule is CC1=N/C(=C\c2ccccc2)C(c2ccccn2)=N1. The van der Waals surface area contributed by atoms with Crippen LogP contribution in [0.15, 0.2) is 70.4 Å². The lowest BCUT2D eigenvalue weighted by Crippen LogP contribution is -2.02. The molecule has 0 aliphatic carbocycles. The van der Waals surface area contributed by atoms with Gasteiger partial charge in [0.15, 0.2) is 0 Å². The van der Waals surface area contributed by atoms with Gasteiger partial charge in [0, 0.05) is 6.20 Å². The van der Waals surface area contributed by atoms with Crippen molar-refractivity contribution in [1.29, 1.82) is 0 Å². The molecule has 19 heavy (non-hydrogen) atoms. The summed E-state index contributed by atoms with van der Waals surface area (Å²) in [5.41, 5.74) is 3.66. The van der Waals surface area contributed by atoms with E-state index in [9.17, 15) is 0 Å². The second-order valence-corrected chi connectivity index (χ2v) is 4.27. The molecule has 0 radical (unpaired) electrons. The van der Waals surface area contributed by atoms with Gasteiger partial charge in [-0.1, -0.05) is 36.4 Å². The van der Waals surface area contributed by atoms with Gasteiger partial charge >= 0.3 is 0 Å². The van der Waals surface area contributed by atoms with Crippen molar-refractivity contribution < 1.29 is 0 Å². The first-order chi connectivity index (χ1) is 9.33. The first-order valence-electron chi connectivity index (χ1n) is 6.15. The van der Waals surface area contributed by atoms with Gasteiger partial charge in [-0.25, -0.2) is 9.98 Å². The molecule has 2 aromatic rings. The highest BCUT2D eigenvalue weighted by Crippen LogP contribution is 2.18. The maximum Gasteiger partial charge on any atom is 0.126 e. The molecule has 1 aliphatic heterocycles. The predicted octanol–water partition coefficient (Wildman–Crippen LogP) is 3.34. The Kier molecular flexibility index (Phi) is 3.02. The summed E-state index contributed by atoms with van der Waals surface area (Å²) in [5, 5.41) is 0. The van der Waals surface area contributed by atoms with Crippen molar-refractivity contribution in [2.75, 3.05) is 0 Å². The molecule has 1 aromatic heterocycles. The predicted molar refractivity (Wildman–Crippen MR) is 78.3 cm³/mol. The molecule has 0 bridgehead atoms. The van der Waals surface area contributed by atoms with Crippen LogP contribution in [0.2, 0.25) is 0 Å². The number of hydrogen-bond acceptors (Lipinski definition) is 3. The van der Waals surface area contributed by atoms with E-state index in [1.54, 1.807) is 6.20 Å². The van der Waals surface area contributed by atoms with Gasteiger partial charge in [0.05, 0.1) is 11.4 Å². The Labute approximate surface area is 112 Å². The molecular formula is C16H13N3. The Morgan fingerprint density at radius 1 is 0.895 bits per heavy atom. The number of pyridine rings is 1. The molecule has 1 aliphatic rings. The third kappa shape index (κ3) is 2.50. The first-order valence-corrected chi connectivity index (χ1v) is 6.15. The summed E-state index contributed by atoms with van der Waals surface area (Å²) in [4.78, 5) is 13.3. The van der Waals surface area contributed by atoms with Crippen molar-refractivity contribution in [3.8, 4) is 0 Å². The standard InChI is InChI=1S/C16H13N3/c1-12-18-15(11-13-7-3-2-4-8-13)16(19-12)14-9-5-6-10-17-14/h2-11H,1H3/b15-11-. The summed E-state index contributed by atoms with van der Waals surface area (Å²) in [6.07, 6.45) is 3.80. The molecule has 0 saturated heterocycles. The Morgan fingerprint density at radius 3 is 2.42 bits per heavy atom. The number of nitrogens with zero attached hydrogens (tertiary/aromatic N) is 3. The van der Waals surface area contributed by atoms with E-state index in [0.29, 0.717) is 0 Å². The van der Waals surface area contributed by atoms with Crippen LogP contribution in [0.5, 0.6) is 0 Å². The Hall–Kier alpha value is -2.55. The monoisotopic (exact) mass is 247 g/mol. The molecule has 0 N–H and O–H groups in total. The van der Waals surface area contributed by atoms with Crippen LogP contribution in [-0.4, -0.2) is 16.5 Å². The van der Waals surface area contributed by atoms with Crippen LogP contribution in [0.25, 0.3) is 6.08 Å². The maximum absolute atomic E-state index is 4.48. The van der Waals surface area contributed by atoms with E-state index >= 15 is 0 Å². The minimum absolute atomic E-state index is 0.767. The minimum atomic E-state index is 0.767. The van der Waals surface area contributed by atoms with Crippen molar-refractivity contribution >= 4 is 17.6 Å². The van der Waals surface area contributed by atoms with E-state index in [-0.39, 0.29) is 0 Å². The van der Waals surface area contributed by atoms with Crippen molar-refractivity contribution in [2.24, 2.45) is 9.98 Å². The summed E-state index contributed by atoms with van der Waals surface area (Å²) in [5.74, 6) is 0.767. The van der Waals surface area contributed by atoms with Gasteiger partial charge in [0.25, 0.3) is 0 Å². The van der Waals surface area contributed by atoms with Gasteiger partial charge < -0.3 is 0 Å². The van der Waals surface area contributed by atoms with E-state index in [4.69, 9.17) is 0 Å². The number of benzene rings is 1. The van der Waals surface area contributed by atoms with Gasteiger partial charge in [-0.05, 0) is 30.7 Å². The van der Waals surface area contributed by atoms with Crippen LogP contribution in [0.4, 0.5) is 0 Å². The first kappa shape index (κ1) is 11.5. The smallest absolute Gasteiger partial charge is 0.126 e. The number of aromatic nitrogens is 1. The fraction of sp³-hybridized carbons (Fsp3) is 0.0625. The zero-order valence-electron chi connectivity index (χ0n) is 10.6. The molecule has 0 saturated carbocycles. The van der Waals surface area contributed by atoms with Crippen molar-refractivity contribution in [3.63, 3.8) is 0 Å². The topological polar surface area (TPSA) is 37.6 Å². The Balaban J connectivity index is 2.02. The van der Waals surface area contributed by atoms with Gasteiger partial charge in [0.2, 0.25) is 0 Å². The molecule has 2 heterocycles. The fourth-order valence-electron chi connectivity index (χ4n) is 1.97. The van der Waals surface area contributed by atoms with Crippen LogP contribution < -0.4 is 0 Å². The number of aliphatic imine (C=N–C) groups is 2. The van der Waals surface area contributed by atoms with Crippen molar-refractivity contribution in [1.82, 2.24) is 4.98 Å². The maximum atomic E-state index is 4.48. The average Bonchev–Trinajstić information content (AvgIpc) is 2.82. The van der Waals surface area contributed by atoms with Gasteiger partial charge in [-0.2, -0.15) is 0 Å². The van der Waals surface area contributed by atoms with E-state index in [1.807, 2.05) is 61.5 Å². The van der Waals surface area contributed by atoms with Crippen LogP contribution >= 0.6 is 0 Å². The highest BCUT2D eigenvalue weighted by Gasteiger charge is 2.16. The molecule has 3 heteroatoms. The largest absolute Gasteiger partial charge is 0.255 e.